The molecular weight excluding hydrogens is 352 g/mol. The molecule has 1 atom stereocenters. The third-order valence-corrected chi connectivity index (χ3v) is 4.74. The Kier molecular flexibility index (Phi) is 4.66. The summed E-state index contributed by atoms with van der Waals surface area (Å²) in [7, 11) is -3.48. The molecule has 1 unspecified atom stereocenters. The van der Waals surface area contributed by atoms with Gasteiger partial charge in [-0.05, 0) is 32.0 Å². The number of carbonyl (C=O) groups excluding carboxylic acids is 1. The molecule has 2 aromatic rings. The van der Waals surface area contributed by atoms with E-state index in [1.165, 1.54) is 0 Å². The smallest absolute Gasteiger partial charge is 0.253 e. The Bertz CT molecular complexity index is 938. The molecule has 1 aliphatic rings. The van der Waals surface area contributed by atoms with Gasteiger partial charge in [0.05, 0.1) is 23.5 Å². The second-order valence-corrected chi connectivity index (χ2v) is 8.80. The molecule has 7 heteroatoms. The van der Waals surface area contributed by atoms with Crippen LogP contribution >= 0.6 is 0 Å². The van der Waals surface area contributed by atoms with E-state index in [0.29, 0.717) is 6.42 Å². The molecule has 6 nitrogen and oxygen atoms in total. The third-order valence-electron chi connectivity index (χ3n) is 4.15. The first-order chi connectivity index (χ1) is 12.1. The second-order valence-electron chi connectivity index (χ2n) is 7.05. The van der Waals surface area contributed by atoms with Crippen LogP contribution in [0.1, 0.15) is 42.2 Å². The first-order valence-corrected chi connectivity index (χ1v) is 10.2. The fourth-order valence-electron chi connectivity index (χ4n) is 3.14. The van der Waals surface area contributed by atoms with Gasteiger partial charge in [-0.2, -0.15) is 0 Å². The van der Waals surface area contributed by atoms with E-state index >= 15 is 0 Å². The number of nitrogens with one attached hydrogen (secondary N) is 2. The van der Waals surface area contributed by atoms with Gasteiger partial charge < -0.3 is 10.1 Å². The number of sulfonamides is 1. The Morgan fingerprint density at radius 2 is 1.77 bits per heavy atom. The van der Waals surface area contributed by atoms with Crippen LogP contribution in [-0.2, 0) is 10.0 Å². The van der Waals surface area contributed by atoms with E-state index in [9.17, 15) is 13.2 Å². The highest BCUT2D eigenvalue weighted by molar-refractivity contribution is 7.92. The Morgan fingerprint density at radius 3 is 2.50 bits per heavy atom. The van der Waals surface area contributed by atoms with Crippen LogP contribution in [0.4, 0.5) is 5.69 Å². The zero-order valence-corrected chi connectivity index (χ0v) is 15.8. The lowest BCUT2D eigenvalue weighted by atomic mass is 9.89. The number of carbonyl (C=O) groups is 1. The molecular formula is C19H22N2O4S. The zero-order valence-electron chi connectivity index (χ0n) is 14.9. The number of fused-ring (bicyclic) bond motifs is 1. The summed E-state index contributed by atoms with van der Waals surface area (Å²) in [6, 6.07) is 13.9. The molecule has 0 fully saturated rings. The molecule has 2 aromatic carbocycles. The molecule has 26 heavy (non-hydrogen) atoms. The van der Waals surface area contributed by atoms with Crippen molar-refractivity contribution in [1.82, 2.24) is 5.32 Å². The van der Waals surface area contributed by atoms with Crippen LogP contribution < -0.4 is 14.8 Å². The summed E-state index contributed by atoms with van der Waals surface area (Å²) in [5.41, 5.74) is 1.03. The number of para-hydroxylation sites is 2. The van der Waals surface area contributed by atoms with E-state index in [4.69, 9.17) is 4.74 Å². The maximum absolute atomic E-state index is 12.9. The van der Waals surface area contributed by atoms with Crippen molar-refractivity contribution >= 4 is 21.6 Å². The maximum atomic E-state index is 12.9. The minimum atomic E-state index is -3.48. The van der Waals surface area contributed by atoms with Gasteiger partial charge in [-0.3, -0.25) is 9.52 Å². The van der Waals surface area contributed by atoms with Gasteiger partial charge in [0.15, 0.2) is 0 Å². The van der Waals surface area contributed by atoms with Gasteiger partial charge in [0.1, 0.15) is 11.4 Å². The molecule has 2 N–H and O–H groups in total. The number of benzene rings is 2. The monoisotopic (exact) mass is 374 g/mol. The van der Waals surface area contributed by atoms with Crippen molar-refractivity contribution in [2.45, 2.75) is 31.9 Å². The van der Waals surface area contributed by atoms with E-state index in [2.05, 4.69) is 10.0 Å². The van der Waals surface area contributed by atoms with Crippen molar-refractivity contribution < 1.29 is 17.9 Å². The number of anilines is 1. The van der Waals surface area contributed by atoms with Crippen LogP contribution in [0.15, 0.2) is 48.5 Å². The van der Waals surface area contributed by atoms with Crippen LogP contribution in [0.5, 0.6) is 5.75 Å². The van der Waals surface area contributed by atoms with Crippen molar-refractivity contribution in [3.8, 4) is 5.75 Å². The van der Waals surface area contributed by atoms with Gasteiger partial charge in [-0.25, -0.2) is 8.42 Å². The average Bonchev–Trinajstić information content (AvgIpc) is 2.52. The summed E-state index contributed by atoms with van der Waals surface area (Å²) in [5, 5.41) is 3.02. The Morgan fingerprint density at radius 1 is 1.12 bits per heavy atom. The summed E-state index contributed by atoms with van der Waals surface area (Å²) in [5.74, 6) is 0.408. The summed E-state index contributed by atoms with van der Waals surface area (Å²) < 4.78 is 31.5. The number of hydrogen-bond donors (Lipinski definition) is 2. The third kappa shape index (κ3) is 4.16. The van der Waals surface area contributed by atoms with Crippen LogP contribution in [0.3, 0.4) is 0 Å². The van der Waals surface area contributed by atoms with Crippen LogP contribution in [0.25, 0.3) is 0 Å². The molecule has 0 saturated heterocycles. The van der Waals surface area contributed by atoms with Crippen molar-refractivity contribution in [3.05, 3.63) is 59.7 Å². The Hall–Kier alpha value is -2.54. The largest absolute Gasteiger partial charge is 0.487 e. The second kappa shape index (κ2) is 6.64. The molecule has 1 amide bonds. The number of ether oxygens (including phenoxy) is 1. The highest BCUT2D eigenvalue weighted by Gasteiger charge is 2.34. The predicted octanol–water partition coefficient (Wildman–Crippen LogP) is 3.09. The van der Waals surface area contributed by atoms with E-state index in [1.807, 2.05) is 38.1 Å². The topological polar surface area (TPSA) is 84.5 Å². The standard InChI is InChI=1S/C19H22N2O4S/c1-19(2)12-16(13-8-5-7-11-17(13)25-19)20-18(22)14-9-4-6-10-15(14)21-26(3,23)24/h4-11,16,21H,12H2,1-3H3,(H,20,22). The van der Waals surface area contributed by atoms with Crippen molar-refractivity contribution in [3.63, 3.8) is 0 Å². The Balaban J connectivity index is 1.89. The fraction of sp³-hybridized carbons (Fsp3) is 0.316. The molecule has 0 radical (unpaired) electrons. The van der Waals surface area contributed by atoms with E-state index in [-0.39, 0.29) is 23.2 Å². The lowest BCUT2D eigenvalue weighted by Gasteiger charge is -2.38. The molecule has 3 rings (SSSR count). The van der Waals surface area contributed by atoms with Gasteiger partial charge in [-0.15, -0.1) is 0 Å². The lowest BCUT2D eigenvalue weighted by Crippen LogP contribution is -2.41. The Labute approximate surface area is 153 Å². The number of hydrogen-bond acceptors (Lipinski definition) is 4. The molecule has 1 aliphatic heterocycles. The van der Waals surface area contributed by atoms with Gasteiger partial charge in [0, 0.05) is 12.0 Å². The molecule has 0 saturated carbocycles. The minimum absolute atomic E-state index is 0.228. The fourth-order valence-corrected chi connectivity index (χ4v) is 3.71. The molecule has 1 heterocycles. The summed E-state index contributed by atoms with van der Waals surface area (Å²) >= 11 is 0. The van der Waals surface area contributed by atoms with Crippen LogP contribution in [-0.4, -0.2) is 26.2 Å². The summed E-state index contributed by atoms with van der Waals surface area (Å²) in [6.45, 7) is 3.95. The van der Waals surface area contributed by atoms with Crippen molar-refractivity contribution in [1.29, 1.82) is 0 Å². The van der Waals surface area contributed by atoms with Gasteiger partial charge in [0.25, 0.3) is 5.91 Å². The molecule has 138 valence electrons. The van der Waals surface area contributed by atoms with E-state index in [0.717, 1.165) is 17.6 Å². The SMILES string of the molecule is CC1(C)CC(NC(=O)c2ccccc2NS(C)(=O)=O)c2ccccc2O1. The van der Waals surface area contributed by atoms with E-state index < -0.39 is 15.6 Å². The lowest BCUT2D eigenvalue weighted by molar-refractivity contribution is 0.0620. The van der Waals surface area contributed by atoms with Crippen molar-refractivity contribution in [2.75, 3.05) is 11.0 Å². The van der Waals surface area contributed by atoms with Gasteiger partial charge in [0.2, 0.25) is 10.0 Å². The van der Waals surface area contributed by atoms with Crippen LogP contribution in [0.2, 0.25) is 0 Å². The van der Waals surface area contributed by atoms with Crippen molar-refractivity contribution in [2.24, 2.45) is 0 Å². The predicted molar refractivity (Wildman–Crippen MR) is 101 cm³/mol. The highest BCUT2D eigenvalue weighted by Crippen LogP contribution is 2.39. The first kappa shape index (κ1) is 18.3. The molecule has 0 aliphatic carbocycles. The van der Waals surface area contributed by atoms with Gasteiger partial charge >= 0.3 is 0 Å². The number of amides is 1. The normalized spacial score (nSPS) is 18.3. The zero-order chi connectivity index (χ0) is 18.9. The maximum Gasteiger partial charge on any atom is 0.253 e. The van der Waals surface area contributed by atoms with E-state index in [1.54, 1.807) is 24.3 Å². The quantitative estimate of drug-likeness (QED) is 0.861. The summed E-state index contributed by atoms with van der Waals surface area (Å²) in [4.78, 5) is 12.9. The number of rotatable bonds is 4. The first-order valence-electron chi connectivity index (χ1n) is 8.30. The van der Waals surface area contributed by atoms with Crippen LogP contribution in [0, 0.1) is 0 Å². The summed E-state index contributed by atoms with van der Waals surface area (Å²) in [6.07, 6.45) is 1.66. The highest BCUT2D eigenvalue weighted by atomic mass is 32.2. The van der Waals surface area contributed by atoms with Gasteiger partial charge in [-0.1, -0.05) is 30.3 Å². The molecule has 0 spiro atoms. The molecule has 0 aromatic heterocycles. The average molecular weight is 374 g/mol. The minimum Gasteiger partial charge on any atom is -0.487 e. The molecule has 0 bridgehead atoms.